The van der Waals surface area contributed by atoms with Gasteiger partial charge in [0.15, 0.2) is 0 Å². The minimum Gasteiger partial charge on any atom is -0.497 e. The van der Waals surface area contributed by atoms with Crippen LogP contribution in [0.5, 0.6) is 17.2 Å². The van der Waals surface area contributed by atoms with Crippen LogP contribution in [0.25, 0.3) is 0 Å². The second-order valence-corrected chi connectivity index (χ2v) is 10.1. The number of ether oxygens (including phenoxy) is 3. The third kappa shape index (κ3) is 5.44. The van der Waals surface area contributed by atoms with Crippen LogP contribution in [0.1, 0.15) is 52.7 Å². The lowest BCUT2D eigenvalue weighted by molar-refractivity contribution is -0.134. The molecule has 2 atom stereocenters. The molecule has 0 spiro atoms. The highest BCUT2D eigenvalue weighted by atomic mass is 32.1. The average Bonchev–Trinajstić information content (AvgIpc) is 3.43. The molecule has 1 aliphatic rings. The van der Waals surface area contributed by atoms with E-state index in [1.54, 1.807) is 48.7 Å². The van der Waals surface area contributed by atoms with Crippen LogP contribution in [0.3, 0.4) is 0 Å². The van der Waals surface area contributed by atoms with E-state index in [-0.39, 0.29) is 30.4 Å². The molecule has 0 saturated carbocycles. The molecule has 0 radical (unpaired) electrons. The first kappa shape index (κ1) is 26.5. The largest absolute Gasteiger partial charge is 0.497 e. The molecule has 8 heteroatoms. The van der Waals surface area contributed by atoms with Crippen molar-refractivity contribution in [2.45, 2.75) is 38.8 Å². The SMILES string of the molecule is CCC(C)N(CC(=O)N1CCc2sccc2C1c1ccc(OC)cc1)C(=O)c1ccc(OC)cc1OC. The molecule has 3 aromatic rings. The zero-order chi connectivity index (χ0) is 26.5. The van der Waals surface area contributed by atoms with E-state index < -0.39 is 0 Å². The van der Waals surface area contributed by atoms with Gasteiger partial charge in [0.1, 0.15) is 23.8 Å². The van der Waals surface area contributed by atoms with Crippen LogP contribution in [0.4, 0.5) is 0 Å². The van der Waals surface area contributed by atoms with Crippen molar-refractivity contribution in [2.75, 3.05) is 34.4 Å². The number of fused-ring (bicyclic) bond motifs is 1. The van der Waals surface area contributed by atoms with Gasteiger partial charge in [-0.3, -0.25) is 9.59 Å². The summed E-state index contributed by atoms with van der Waals surface area (Å²) < 4.78 is 16.1. The van der Waals surface area contributed by atoms with Crippen molar-refractivity contribution < 1.29 is 23.8 Å². The third-order valence-corrected chi connectivity index (χ3v) is 8.04. The van der Waals surface area contributed by atoms with Crippen LogP contribution in [0, 0.1) is 0 Å². The topological polar surface area (TPSA) is 68.3 Å². The molecule has 2 aromatic carbocycles. The molecule has 2 amide bonds. The van der Waals surface area contributed by atoms with Gasteiger partial charge < -0.3 is 24.0 Å². The fraction of sp³-hybridized carbons (Fsp3) is 0.379. The summed E-state index contributed by atoms with van der Waals surface area (Å²) >= 11 is 1.73. The first-order chi connectivity index (χ1) is 17.9. The number of benzene rings is 2. The number of carbonyl (C=O) groups excluding carboxylic acids is 2. The van der Waals surface area contributed by atoms with E-state index >= 15 is 0 Å². The van der Waals surface area contributed by atoms with Crippen LogP contribution in [0.2, 0.25) is 0 Å². The zero-order valence-electron chi connectivity index (χ0n) is 22.0. The lowest BCUT2D eigenvalue weighted by Crippen LogP contribution is -2.49. The van der Waals surface area contributed by atoms with Gasteiger partial charge >= 0.3 is 0 Å². The van der Waals surface area contributed by atoms with E-state index in [1.807, 2.05) is 43.0 Å². The van der Waals surface area contributed by atoms with E-state index in [2.05, 4.69) is 11.4 Å². The highest BCUT2D eigenvalue weighted by Gasteiger charge is 2.35. The molecule has 2 unspecified atom stereocenters. The quantitative estimate of drug-likeness (QED) is 0.387. The number of methoxy groups -OCH3 is 3. The molecule has 7 nitrogen and oxygen atoms in total. The molecule has 0 aliphatic carbocycles. The Morgan fingerprint density at radius 1 is 1.03 bits per heavy atom. The van der Waals surface area contributed by atoms with E-state index in [9.17, 15) is 9.59 Å². The summed E-state index contributed by atoms with van der Waals surface area (Å²) in [5.74, 6) is 1.46. The Morgan fingerprint density at radius 2 is 1.73 bits per heavy atom. The van der Waals surface area contributed by atoms with Crippen molar-refractivity contribution in [3.63, 3.8) is 0 Å². The Hall–Kier alpha value is -3.52. The fourth-order valence-electron chi connectivity index (χ4n) is 4.75. The Kier molecular flexibility index (Phi) is 8.38. The first-order valence-corrected chi connectivity index (χ1v) is 13.3. The van der Waals surface area contributed by atoms with Crippen molar-refractivity contribution in [1.82, 2.24) is 9.80 Å². The number of thiophene rings is 1. The number of rotatable bonds is 9. The maximum atomic E-state index is 13.9. The van der Waals surface area contributed by atoms with E-state index in [0.29, 0.717) is 30.0 Å². The maximum Gasteiger partial charge on any atom is 0.258 e. The van der Waals surface area contributed by atoms with E-state index in [0.717, 1.165) is 23.3 Å². The van der Waals surface area contributed by atoms with Gasteiger partial charge in [-0.1, -0.05) is 19.1 Å². The second kappa shape index (κ2) is 11.7. The van der Waals surface area contributed by atoms with Gasteiger partial charge in [-0.25, -0.2) is 0 Å². The van der Waals surface area contributed by atoms with E-state index in [4.69, 9.17) is 14.2 Å². The van der Waals surface area contributed by atoms with Crippen molar-refractivity contribution >= 4 is 23.2 Å². The molecule has 1 aliphatic heterocycles. The predicted molar refractivity (Wildman–Crippen MR) is 145 cm³/mol. The number of hydrogen-bond donors (Lipinski definition) is 0. The van der Waals surface area contributed by atoms with Crippen molar-refractivity contribution in [3.05, 3.63) is 75.5 Å². The van der Waals surface area contributed by atoms with Crippen LogP contribution in [0.15, 0.2) is 53.9 Å². The lowest BCUT2D eigenvalue weighted by Gasteiger charge is -2.38. The first-order valence-electron chi connectivity index (χ1n) is 12.4. The van der Waals surface area contributed by atoms with Gasteiger partial charge in [0, 0.05) is 23.5 Å². The fourth-order valence-corrected chi connectivity index (χ4v) is 5.65. The van der Waals surface area contributed by atoms with Crippen molar-refractivity contribution in [3.8, 4) is 17.2 Å². The molecule has 4 rings (SSSR count). The lowest BCUT2D eigenvalue weighted by atomic mass is 9.93. The second-order valence-electron chi connectivity index (χ2n) is 9.07. The van der Waals surface area contributed by atoms with E-state index in [1.165, 1.54) is 12.0 Å². The van der Waals surface area contributed by atoms with Crippen LogP contribution in [-0.2, 0) is 11.2 Å². The van der Waals surface area contributed by atoms with Gasteiger partial charge in [0.25, 0.3) is 5.91 Å². The molecule has 1 aromatic heterocycles. The molecular weight excluding hydrogens is 488 g/mol. The van der Waals surface area contributed by atoms with Gasteiger partial charge in [0.2, 0.25) is 5.91 Å². The molecule has 0 N–H and O–H groups in total. The summed E-state index contributed by atoms with van der Waals surface area (Å²) in [6.07, 6.45) is 1.52. The zero-order valence-corrected chi connectivity index (χ0v) is 22.8. The highest BCUT2D eigenvalue weighted by molar-refractivity contribution is 7.10. The number of carbonyl (C=O) groups is 2. The van der Waals surface area contributed by atoms with Crippen molar-refractivity contribution in [1.29, 1.82) is 0 Å². The normalized spacial score (nSPS) is 15.5. The molecule has 0 fully saturated rings. The minimum atomic E-state index is -0.239. The summed E-state index contributed by atoms with van der Waals surface area (Å²) in [5.41, 5.74) is 2.57. The summed E-state index contributed by atoms with van der Waals surface area (Å²) in [6.45, 7) is 4.56. The number of nitrogens with zero attached hydrogens (tertiary/aromatic N) is 2. The van der Waals surface area contributed by atoms with Gasteiger partial charge in [-0.15, -0.1) is 11.3 Å². The monoisotopic (exact) mass is 522 g/mol. The summed E-state index contributed by atoms with van der Waals surface area (Å²) in [7, 11) is 4.73. The summed E-state index contributed by atoms with van der Waals surface area (Å²) in [6, 6.07) is 14.7. The Bertz CT molecular complexity index is 1240. The van der Waals surface area contributed by atoms with Crippen LogP contribution >= 0.6 is 11.3 Å². The predicted octanol–water partition coefficient (Wildman–Crippen LogP) is 5.19. The molecule has 0 bridgehead atoms. The molecule has 37 heavy (non-hydrogen) atoms. The number of amides is 2. The minimum absolute atomic E-state index is 0.0187. The third-order valence-electron chi connectivity index (χ3n) is 7.05. The Morgan fingerprint density at radius 3 is 2.38 bits per heavy atom. The summed E-state index contributed by atoms with van der Waals surface area (Å²) in [5, 5.41) is 2.08. The van der Waals surface area contributed by atoms with Crippen molar-refractivity contribution in [2.24, 2.45) is 0 Å². The van der Waals surface area contributed by atoms with Gasteiger partial charge in [-0.2, -0.15) is 0 Å². The average molecular weight is 523 g/mol. The summed E-state index contributed by atoms with van der Waals surface area (Å²) in [4.78, 5) is 32.5. The smallest absolute Gasteiger partial charge is 0.258 e. The Labute approximate surface area is 222 Å². The maximum absolute atomic E-state index is 13.9. The van der Waals surface area contributed by atoms with Crippen LogP contribution in [-0.4, -0.2) is 62.1 Å². The Balaban J connectivity index is 1.65. The molecule has 196 valence electrons. The van der Waals surface area contributed by atoms with Gasteiger partial charge in [-0.05, 0) is 66.6 Å². The standard InChI is InChI=1S/C29H34N2O5S/c1-6-19(2)31(29(33)23-12-11-22(35-4)17-25(23)36-5)18-27(32)30-15-13-26-24(14-16-37-26)28(30)20-7-9-21(34-3)10-8-20/h7-12,14,16-17,19,28H,6,13,15,18H2,1-5H3. The molecular formula is C29H34N2O5S. The number of hydrogen-bond acceptors (Lipinski definition) is 6. The van der Waals surface area contributed by atoms with Crippen LogP contribution < -0.4 is 14.2 Å². The molecule has 2 heterocycles. The molecule has 0 saturated heterocycles. The van der Waals surface area contributed by atoms with Gasteiger partial charge in [0.05, 0.1) is 32.9 Å². The highest BCUT2D eigenvalue weighted by Crippen LogP contribution is 2.38.